The molecule has 0 aromatic heterocycles. The topological polar surface area (TPSA) is 29.3 Å². The Morgan fingerprint density at radius 1 is 1.40 bits per heavy atom. The highest BCUT2D eigenvalue weighted by atomic mass is 32.2. The Balaban J connectivity index is 1.93. The van der Waals surface area contributed by atoms with Crippen molar-refractivity contribution in [2.75, 3.05) is 19.3 Å². The van der Waals surface area contributed by atoms with Gasteiger partial charge in [0.1, 0.15) is 0 Å². The Hall–Kier alpha value is -0.510. The number of hydrogen-bond donors (Lipinski definition) is 1. The second kappa shape index (κ2) is 5.01. The summed E-state index contributed by atoms with van der Waals surface area (Å²) < 4.78 is 0. The number of likely N-dealkylation sites (tertiary alicyclic amines) is 1. The molecule has 15 heavy (non-hydrogen) atoms. The Labute approximate surface area is 95.8 Å². The van der Waals surface area contributed by atoms with Crippen LogP contribution in [0, 0.1) is 0 Å². The predicted molar refractivity (Wildman–Crippen MR) is 66.1 cm³/mol. The van der Waals surface area contributed by atoms with Gasteiger partial charge in [0.25, 0.3) is 0 Å². The first-order chi connectivity index (χ1) is 7.28. The molecule has 1 aliphatic heterocycles. The molecular formula is C12H18N2S. The zero-order valence-corrected chi connectivity index (χ0v) is 9.96. The minimum Gasteiger partial charge on any atom is -0.326 e. The summed E-state index contributed by atoms with van der Waals surface area (Å²) in [6.07, 6.45) is 3.25. The largest absolute Gasteiger partial charge is 0.326 e. The first-order valence-electron chi connectivity index (χ1n) is 5.39. The molecule has 0 bridgehead atoms. The maximum atomic E-state index is 5.88. The Bertz CT molecular complexity index is 310. The average Bonchev–Trinajstić information content (AvgIpc) is 2.65. The monoisotopic (exact) mass is 222 g/mol. The van der Waals surface area contributed by atoms with Gasteiger partial charge in [-0.1, -0.05) is 12.1 Å². The van der Waals surface area contributed by atoms with Gasteiger partial charge >= 0.3 is 0 Å². The lowest BCUT2D eigenvalue weighted by atomic mass is 10.2. The predicted octanol–water partition coefficient (Wildman–Crippen LogP) is 1.94. The molecule has 1 aromatic carbocycles. The van der Waals surface area contributed by atoms with Crippen LogP contribution in [0.4, 0.5) is 0 Å². The highest BCUT2D eigenvalue weighted by molar-refractivity contribution is 7.98. The summed E-state index contributed by atoms with van der Waals surface area (Å²) in [4.78, 5) is 3.76. The van der Waals surface area contributed by atoms with E-state index in [-0.39, 0.29) is 0 Å². The van der Waals surface area contributed by atoms with Crippen molar-refractivity contribution in [1.29, 1.82) is 0 Å². The number of benzene rings is 1. The molecule has 2 rings (SSSR count). The first kappa shape index (κ1) is 11.0. The van der Waals surface area contributed by atoms with Crippen LogP contribution in [0.3, 0.4) is 0 Å². The van der Waals surface area contributed by atoms with E-state index in [9.17, 15) is 0 Å². The number of rotatable bonds is 3. The molecule has 0 saturated carbocycles. The summed E-state index contributed by atoms with van der Waals surface area (Å²) in [5.41, 5.74) is 7.27. The van der Waals surface area contributed by atoms with E-state index in [2.05, 4.69) is 35.4 Å². The smallest absolute Gasteiger partial charge is 0.0234 e. The SMILES string of the molecule is CSc1ccc(CN2CCC(N)C2)cc1. The van der Waals surface area contributed by atoms with E-state index in [4.69, 9.17) is 5.73 Å². The van der Waals surface area contributed by atoms with Gasteiger partial charge in [0.05, 0.1) is 0 Å². The molecular weight excluding hydrogens is 204 g/mol. The fourth-order valence-electron chi connectivity index (χ4n) is 2.00. The third kappa shape index (κ3) is 2.97. The Morgan fingerprint density at radius 2 is 2.13 bits per heavy atom. The van der Waals surface area contributed by atoms with Crippen LogP contribution in [0.1, 0.15) is 12.0 Å². The molecule has 1 fully saturated rings. The molecule has 0 aliphatic carbocycles. The maximum absolute atomic E-state index is 5.88. The van der Waals surface area contributed by atoms with Gasteiger partial charge in [-0.15, -0.1) is 11.8 Å². The van der Waals surface area contributed by atoms with Crippen molar-refractivity contribution >= 4 is 11.8 Å². The maximum Gasteiger partial charge on any atom is 0.0234 e. The molecule has 1 heterocycles. The van der Waals surface area contributed by atoms with Gasteiger partial charge in [-0.05, 0) is 30.4 Å². The van der Waals surface area contributed by atoms with E-state index in [0.29, 0.717) is 6.04 Å². The van der Waals surface area contributed by atoms with Gasteiger partial charge in [0.2, 0.25) is 0 Å². The van der Waals surface area contributed by atoms with E-state index in [1.165, 1.54) is 10.5 Å². The minimum absolute atomic E-state index is 0.385. The fraction of sp³-hybridized carbons (Fsp3) is 0.500. The van der Waals surface area contributed by atoms with E-state index < -0.39 is 0 Å². The van der Waals surface area contributed by atoms with Crippen molar-refractivity contribution in [1.82, 2.24) is 4.90 Å². The van der Waals surface area contributed by atoms with Crippen LogP contribution in [0.5, 0.6) is 0 Å². The summed E-state index contributed by atoms with van der Waals surface area (Å²) in [5.74, 6) is 0. The molecule has 1 atom stereocenters. The van der Waals surface area contributed by atoms with Crippen LogP contribution in [-0.4, -0.2) is 30.3 Å². The highest BCUT2D eigenvalue weighted by Gasteiger charge is 2.18. The molecule has 82 valence electrons. The van der Waals surface area contributed by atoms with Gasteiger partial charge in [-0.2, -0.15) is 0 Å². The fourth-order valence-corrected chi connectivity index (χ4v) is 2.40. The standard InChI is InChI=1S/C12H18N2S/c1-15-12-4-2-10(3-5-12)8-14-7-6-11(13)9-14/h2-5,11H,6-9,13H2,1H3. The van der Waals surface area contributed by atoms with Gasteiger partial charge < -0.3 is 5.73 Å². The van der Waals surface area contributed by atoms with Crippen LogP contribution >= 0.6 is 11.8 Å². The van der Waals surface area contributed by atoms with Crippen molar-refractivity contribution in [3.63, 3.8) is 0 Å². The van der Waals surface area contributed by atoms with Gasteiger partial charge in [0.15, 0.2) is 0 Å². The van der Waals surface area contributed by atoms with E-state index in [0.717, 1.165) is 26.1 Å². The van der Waals surface area contributed by atoms with Gasteiger partial charge in [-0.25, -0.2) is 0 Å². The Morgan fingerprint density at radius 3 is 2.67 bits per heavy atom. The summed E-state index contributed by atoms with van der Waals surface area (Å²) >= 11 is 1.79. The number of nitrogens with zero attached hydrogens (tertiary/aromatic N) is 1. The zero-order chi connectivity index (χ0) is 10.7. The third-order valence-corrected chi connectivity index (χ3v) is 3.62. The second-order valence-electron chi connectivity index (χ2n) is 4.13. The van der Waals surface area contributed by atoms with Crippen molar-refractivity contribution in [3.8, 4) is 0 Å². The normalized spacial score (nSPS) is 22.1. The number of nitrogens with two attached hydrogens (primary N) is 1. The minimum atomic E-state index is 0.385. The van der Waals surface area contributed by atoms with E-state index in [1.54, 1.807) is 11.8 Å². The van der Waals surface area contributed by atoms with Crippen molar-refractivity contribution in [2.45, 2.75) is 23.9 Å². The van der Waals surface area contributed by atoms with Crippen molar-refractivity contribution in [2.24, 2.45) is 5.73 Å². The zero-order valence-electron chi connectivity index (χ0n) is 9.15. The quantitative estimate of drug-likeness (QED) is 0.793. The first-order valence-corrected chi connectivity index (χ1v) is 6.61. The second-order valence-corrected chi connectivity index (χ2v) is 5.01. The lowest BCUT2D eigenvalue weighted by Gasteiger charge is -2.15. The van der Waals surface area contributed by atoms with Crippen LogP contribution < -0.4 is 5.73 Å². The van der Waals surface area contributed by atoms with Crippen LogP contribution in [-0.2, 0) is 6.54 Å². The molecule has 0 amide bonds. The molecule has 0 spiro atoms. The van der Waals surface area contributed by atoms with Crippen LogP contribution in [0.2, 0.25) is 0 Å². The molecule has 3 heteroatoms. The summed E-state index contributed by atoms with van der Waals surface area (Å²) in [6.45, 7) is 3.23. The molecule has 0 radical (unpaired) electrons. The van der Waals surface area contributed by atoms with E-state index in [1.807, 2.05) is 0 Å². The lowest BCUT2D eigenvalue weighted by Crippen LogP contribution is -2.26. The number of thioether (sulfide) groups is 1. The van der Waals surface area contributed by atoms with Gasteiger partial charge in [-0.3, -0.25) is 4.90 Å². The lowest BCUT2D eigenvalue weighted by molar-refractivity contribution is 0.327. The summed E-state index contributed by atoms with van der Waals surface area (Å²) in [7, 11) is 0. The van der Waals surface area contributed by atoms with Gasteiger partial charge in [0, 0.05) is 30.6 Å². The highest BCUT2D eigenvalue weighted by Crippen LogP contribution is 2.17. The average molecular weight is 222 g/mol. The van der Waals surface area contributed by atoms with Crippen molar-refractivity contribution in [3.05, 3.63) is 29.8 Å². The molecule has 2 N–H and O–H groups in total. The molecule has 1 saturated heterocycles. The van der Waals surface area contributed by atoms with Crippen LogP contribution in [0.25, 0.3) is 0 Å². The molecule has 1 aliphatic rings. The van der Waals surface area contributed by atoms with Crippen LogP contribution in [0.15, 0.2) is 29.2 Å². The van der Waals surface area contributed by atoms with Crippen molar-refractivity contribution < 1.29 is 0 Å². The summed E-state index contributed by atoms with van der Waals surface area (Å²) in [5, 5.41) is 0. The van der Waals surface area contributed by atoms with E-state index >= 15 is 0 Å². The number of hydrogen-bond acceptors (Lipinski definition) is 3. The Kier molecular flexibility index (Phi) is 3.67. The molecule has 1 unspecified atom stereocenters. The molecule has 1 aromatic rings. The third-order valence-electron chi connectivity index (χ3n) is 2.87. The summed E-state index contributed by atoms with van der Waals surface area (Å²) in [6, 6.07) is 9.20. The molecule has 2 nitrogen and oxygen atoms in total.